The van der Waals surface area contributed by atoms with E-state index >= 15 is 0 Å². The van der Waals surface area contributed by atoms with Crippen molar-refractivity contribution in [2.75, 3.05) is 0 Å². The maximum absolute atomic E-state index is 3.48. The van der Waals surface area contributed by atoms with Crippen LogP contribution >= 0.6 is 0 Å². The fourth-order valence-electron chi connectivity index (χ4n) is 0.642. The molecule has 2 fully saturated rings. The van der Waals surface area contributed by atoms with Crippen molar-refractivity contribution in [1.29, 1.82) is 0 Å². The molecule has 0 N–H and O–H groups in total. The maximum Gasteiger partial charge on any atom is 2.00 e. The molecule has 0 saturated heterocycles. The van der Waals surface area contributed by atoms with Crippen molar-refractivity contribution in [2.24, 2.45) is 0 Å². The molecule has 2 aliphatic rings. The summed E-state index contributed by atoms with van der Waals surface area (Å²) in [4.78, 5) is 0. The first-order valence-corrected chi connectivity index (χ1v) is 4.86. The summed E-state index contributed by atoms with van der Waals surface area (Å²) in [6.07, 6.45) is 23.0. The molecular formula is C14H18Zr+2. The normalized spacial score (nSPS) is 17.7. The second-order valence-electron chi connectivity index (χ2n) is 2.62. The second kappa shape index (κ2) is 17.0. The van der Waals surface area contributed by atoms with E-state index in [2.05, 4.69) is 13.5 Å². The van der Waals surface area contributed by atoms with E-state index in [1.54, 1.807) is 0 Å². The largest absolute Gasteiger partial charge is 2.00 e. The van der Waals surface area contributed by atoms with E-state index in [1.807, 2.05) is 70.3 Å². The van der Waals surface area contributed by atoms with Gasteiger partial charge in [-0.25, -0.2) is 0 Å². The van der Waals surface area contributed by atoms with Crippen molar-refractivity contribution < 1.29 is 26.2 Å². The fraction of sp³-hybridized carbons (Fsp3) is 0.143. The average Bonchev–Trinajstić information content (AvgIpc) is 2.94. The first-order chi connectivity index (χ1) is 6.91. The van der Waals surface area contributed by atoms with Crippen LogP contribution in [-0.4, -0.2) is 0 Å². The van der Waals surface area contributed by atoms with Crippen molar-refractivity contribution >= 4 is 0 Å². The molecule has 0 unspecified atom stereocenters. The molecule has 0 bridgehead atoms. The molecule has 0 aromatic carbocycles. The minimum atomic E-state index is 0. The summed E-state index contributed by atoms with van der Waals surface area (Å²) in [6, 6.07) is 0. The van der Waals surface area contributed by atoms with Gasteiger partial charge in [-0.3, -0.25) is 0 Å². The first-order valence-electron chi connectivity index (χ1n) is 4.86. The molecule has 0 aromatic rings. The summed E-state index contributed by atoms with van der Waals surface area (Å²) in [5.41, 5.74) is 0. The molecular weight excluding hydrogens is 259 g/mol. The van der Waals surface area contributed by atoms with Gasteiger partial charge in [0.05, 0.1) is 0 Å². The Morgan fingerprint density at radius 1 is 0.733 bits per heavy atom. The Morgan fingerprint density at radius 2 is 0.867 bits per heavy atom. The summed E-state index contributed by atoms with van der Waals surface area (Å²) < 4.78 is 0. The van der Waals surface area contributed by atoms with Gasteiger partial charge in [0.1, 0.15) is 0 Å². The molecule has 2 rings (SSSR count). The molecule has 76 valence electrons. The number of rotatable bonds is 1. The van der Waals surface area contributed by atoms with Crippen LogP contribution in [0.1, 0.15) is 13.3 Å². The summed E-state index contributed by atoms with van der Waals surface area (Å²) in [7, 11) is 0. The smallest absolute Gasteiger partial charge is 0.103 e. The van der Waals surface area contributed by atoms with E-state index < -0.39 is 0 Å². The van der Waals surface area contributed by atoms with Gasteiger partial charge in [0.15, 0.2) is 0 Å². The minimum Gasteiger partial charge on any atom is -0.103 e. The maximum atomic E-state index is 3.48. The molecule has 0 amide bonds. The summed E-state index contributed by atoms with van der Waals surface area (Å²) >= 11 is 0. The summed E-state index contributed by atoms with van der Waals surface area (Å²) in [5, 5.41) is 0. The Hall–Kier alpha value is 0.623. The zero-order valence-electron chi connectivity index (χ0n) is 9.27. The molecule has 0 aromatic heterocycles. The third-order valence-electron chi connectivity index (χ3n) is 1.40. The molecule has 2 aliphatic carbocycles. The fourth-order valence-corrected chi connectivity index (χ4v) is 0.642. The van der Waals surface area contributed by atoms with Crippen LogP contribution in [0.3, 0.4) is 0 Å². The molecule has 0 aliphatic heterocycles. The van der Waals surface area contributed by atoms with Crippen LogP contribution in [0.5, 0.6) is 0 Å². The summed E-state index contributed by atoms with van der Waals surface area (Å²) in [5.74, 6) is 0. The van der Waals surface area contributed by atoms with E-state index in [4.69, 9.17) is 0 Å². The van der Waals surface area contributed by atoms with Crippen LogP contribution < -0.4 is 0 Å². The van der Waals surface area contributed by atoms with E-state index in [-0.39, 0.29) is 26.2 Å². The molecule has 2 saturated carbocycles. The van der Waals surface area contributed by atoms with Gasteiger partial charge in [0.2, 0.25) is 0 Å². The third kappa shape index (κ3) is 17.2. The van der Waals surface area contributed by atoms with Gasteiger partial charge in [0, 0.05) is 0 Å². The van der Waals surface area contributed by atoms with Crippen molar-refractivity contribution in [3.8, 4) is 0 Å². The van der Waals surface area contributed by atoms with Crippen LogP contribution in [0.25, 0.3) is 0 Å². The topological polar surface area (TPSA) is 0 Å². The van der Waals surface area contributed by atoms with Crippen LogP contribution in [-0.2, 0) is 26.2 Å². The van der Waals surface area contributed by atoms with Crippen molar-refractivity contribution in [3.63, 3.8) is 0 Å². The van der Waals surface area contributed by atoms with Crippen LogP contribution in [0.2, 0.25) is 0 Å². The van der Waals surface area contributed by atoms with Crippen LogP contribution in [0.4, 0.5) is 0 Å². The van der Waals surface area contributed by atoms with E-state index in [9.17, 15) is 0 Å². The third-order valence-corrected chi connectivity index (χ3v) is 1.40. The molecule has 0 spiro atoms. The van der Waals surface area contributed by atoms with Gasteiger partial charge in [-0.2, -0.15) is 0 Å². The van der Waals surface area contributed by atoms with Crippen LogP contribution in [0, 0.1) is 64.2 Å². The van der Waals surface area contributed by atoms with Crippen molar-refractivity contribution in [1.82, 2.24) is 0 Å². The van der Waals surface area contributed by atoms with E-state index in [0.717, 1.165) is 6.42 Å². The Balaban J connectivity index is 0. The molecule has 0 atom stereocenters. The van der Waals surface area contributed by atoms with Gasteiger partial charge < -0.3 is 0 Å². The summed E-state index contributed by atoms with van der Waals surface area (Å²) in [6.45, 7) is 5.54. The van der Waals surface area contributed by atoms with E-state index in [1.165, 1.54) is 0 Å². The first kappa shape index (κ1) is 18.0. The molecule has 0 nitrogen and oxygen atoms in total. The second-order valence-corrected chi connectivity index (χ2v) is 2.62. The number of hydrogen-bond acceptors (Lipinski definition) is 0. The molecule has 1 heteroatoms. The predicted octanol–water partition coefficient (Wildman–Crippen LogP) is 3.62. The van der Waals surface area contributed by atoms with Gasteiger partial charge in [-0.05, 0) is 70.6 Å². The van der Waals surface area contributed by atoms with Crippen LogP contribution in [0.15, 0.2) is 12.7 Å². The Morgan fingerprint density at radius 3 is 0.933 bits per heavy atom. The Kier molecular flexibility index (Phi) is 20.4. The standard InChI is InChI=1S/2C5H5.C4H8.Zr/c2*1-2-4-5-3-1;1-3-4-2;/h2*1-5H;3H,1,4H2,2H3;/q;;;+2. The van der Waals surface area contributed by atoms with E-state index in [0.29, 0.717) is 0 Å². The quantitative estimate of drug-likeness (QED) is 0.642. The number of hydrogen-bond donors (Lipinski definition) is 0. The average molecular weight is 278 g/mol. The predicted molar refractivity (Wildman–Crippen MR) is 63.5 cm³/mol. The molecule has 15 heavy (non-hydrogen) atoms. The van der Waals surface area contributed by atoms with Gasteiger partial charge in [-0.15, -0.1) is 6.58 Å². The Bertz CT molecular complexity index is 76.7. The van der Waals surface area contributed by atoms with Gasteiger partial charge in [0.25, 0.3) is 0 Å². The molecule has 0 heterocycles. The Labute approximate surface area is 116 Å². The van der Waals surface area contributed by atoms with Crippen molar-refractivity contribution in [2.45, 2.75) is 13.3 Å². The van der Waals surface area contributed by atoms with Gasteiger partial charge in [-0.1, -0.05) is 13.0 Å². The zero-order chi connectivity index (χ0) is 10.5. The molecule has 10 radical (unpaired) electrons. The minimum absolute atomic E-state index is 0. The van der Waals surface area contributed by atoms with Gasteiger partial charge >= 0.3 is 26.2 Å². The monoisotopic (exact) mass is 276 g/mol. The zero-order valence-corrected chi connectivity index (χ0v) is 11.7. The SMILES string of the molecule is C=CCC.[CH]1[CH][CH][CH][CH]1.[CH]1[CH][CH][CH][CH]1.[Zr+2]. The van der Waals surface area contributed by atoms with Crippen molar-refractivity contribution in [3.05, 3.63) is 76.9 Å². The number of allylic oxidation sites excluding steroid dienone is 1.